The van der Waals surface area contributed by atoms with Crippen molar-refractivity contribution in [1.29, 1.82) is 0 Å². The predicted octanol–water partition coefficient (Wildman–Crippen LogP) is 6.38. The lowest BCUT2D eigenvalue weighted by atomic mass is 10.1. The summed E-state index contributed by atoms with van der Waals surface area (Å²) in [6.07, 6.45) is 10.1. The number of methoxy groups -OCH3 is 1. The number of benzene rings is 1. The molecule has 6 nitrogen and oxygen atoms in total. The highest BCUT2D eigenvalue weighted by Crippen LogP contribution is 2.37. The standard InChI is InChI=1S/C26H27N5OS.BrH/c1-32-18-7-8-24-20(14-18)22(16-31(24)13-12-30-10-3-2-4-11-30)26-29-23(17-33-26)21-15-28-25-19(21)6-5-9-27-25;/h5-9,14-17H,2-4,10-13H2,1H3,(H,27,28);1H. The molecule has 176 valence electrons. The Morgan fingerprint density at radius 1 is 1.06 bits per heavy atom. The molecule has 1 aromatic carbocycles. The SMILES string of the molecule is Br.COc1ccc2c(c1)c(-c1nc(-c3c[nH]c4ncccc34)cs1)cn2CCN1CCCCC1. The molecule has 0 unspecified atom stereocenters. The van der Waals surface area contributed by atoms with E-state index in [9.17, 15) is 0 Å². The molecule has 4 aromatic heterocycles. The van der Waals surface area contributed by atoms with Gasteiger partial charge in [0.15, 0.2) is 0 Å². The number of halogens is 1. The van der Waals surface area contributed by atoms with E-state index in [1.165, 1.54) is 43.3 Å². The zero-order chi connectivity index (χ0) is 22.2. The lowest BCUT2D eigenvalue weighted by molar-refractivity contribution is 0.222. The van der Waals surface area contributed by atoms with Crippen LogP contribution in [0.15, 0.2) is 54.3 Å². The van der Waals surface area contributed by atoms with E-state index in [4.69, 9.17) is 9.72 Å². The first-order chi connectivity index (χ1) is 16.3. The summed E-state index contributed by atoms with van der Waals surface area (Å²) < 4.78 is 7.93. The minimum absolute atomic E-state index is 0. The minimum Gasteiger partial charge on any atom is -0.497 e. The van der Waals surface area contributed by atoms with Gasteiger partial charge in [-0.3, -0.25) is 0 Å². The zero-order valence-corrected chi connectivity index (χ0v) is 21.7. The van der Waals surface area contributed by atoms with Crippen LogP contribution in [0.3, 0.4) is 0 Å². The fraction of sp³-hybridized carbons (Fsp3) is 0.308. The van der Waals surface area contributed by atoms with Crippen LogP contribution in [0.5, 0.6) is 5.75 Å². The van der Waals surface area contributed by atoms with Crippen LogP contribution >= 0.6 is 28.3 Å². The molecule has 0 bridgehead atoms. The number of nitrogens with one attached hydrogen (secondary N) is 1. The number of aromatic nitrogens is 4. The number of aromatic amines is 1. The molecule has 0 radical (unpaired) electrons. The van der Waals surface area contributed by atoms with E-state index >= 15 is 0 Å². The van der Waals surface area contributed by atoms with Crippen LogP contribution in [-0.4, -0.2) is 51.2 Å². The number of nitrogens with zero attached hydrogens (tertiary/aromatic N) is 4. The van der Waals surface area contributed by atoms with E-state index in [0.29, 0.717) is 0 Å². The third-order valence-corrected chi connectivity index (χ3v) is 7.53. The summed E-state index contributed by atoms with van der Waals surface area (Å²) in [7, 11) is 1.72. The summed E-state index contributed by atoms with van der Waals surface area (Å²) >= 11 is 1.69. The molecule has 5 aromatic rings. The summed E-state index contributed by atoms with van der Waals surface area (Å²) in [5.74, 6) is 0.872. The topological polar surface area (TPSA) is 59.0 Å². The van der Waals surface area contributed by atoms with Crippen LogP contribution in [-0.2, 0) is 6.54 Å². The molecule has 1 aliphatic rings. The maximum atomic E-state index is 5.54. The Bertz CT molecular complexity index is 1420. The molecule has 0 saturated carbocycles. The molecule has 1 aliphatic heterocycles. The lowest BCUT2D eigenvalue weighted by Crippen LogP contribution is -2.32. The van der Waals surface area contributed by atoms with Gasteiger partial charge in [-0.2, -0.15) is 0 Å². The number of rotatable bonds is 6. The number of hydrogen-bond acceptors (Lipinski definition) is 5. The number of piperidine rings is 1. The Morgan fingerprint density at radius 2 is 1.94 bits per heavy atom. The fourth-order valence-corrected chi connectivity index (χ4v) is 5.72. The Hall–Kier alpha value is -2.68. The van der Waals surface area contributed by atoms with Gasteiger partial charge in [-0.15, -0.1) is 28.3 Å². The number of ether oxygens (including phenoxy) is 1. The molecule has 1 fully saturated rings. The first-order valence-corrected chi connectivity index (χ1v) is 12.5. The van der Waals surface area contributed by atoms with Gasteiger partial charge < -0.3 is 19.2 Å². The molecule has 0 spiro atoms. The van der Waals surface area contributed by atoms with Crippen molar-refractivity contribution in [1.82, 2.24) is 24.4 Å². The van der Waals surface area contributed by atoms with Crippen molar-refractivity contribution >= 4 is 50.3 Å². The summed E-state index contributed by atoms with van der Waals surface area (Å²) in [6.45, 7) is 4.50. The number of pyridine rings is 1. The van der Waals surface area contributed by atoms with E-state index in [1.807, 2.05) is 12.3 Å². The number of thiazole rings is 1. The average molecular weight is 539 g/mol. The van der Waals surface area contributed by atoms with Crippen LogP contribution in [0, 0.1) is 0 Å². The van der Waals surface area contributed by atoms with Gasteiger partial charge in [-0.05, 0) is 56.3 Å². The summed E-state index contributed by atoms with van der Waals surface area (Å²) in [5, 5.41) is 5.45. The second-order valence-electron chi connectivity index (χ2n) is 8.66. The second-order valence-corrected chi connectivity index (χ2v) is 9.52. The van der Waals surface area contributed by atoms with Gasteiger partial charge in [0.1, 0.15) is 16.4 Å². The Kier molecular flexibility index (Phi) is 6.72. The van der Waals surface area contributed by atoms with Crippen LogP contribution in [0.25, 0.3) is 43.8 Å². The maximum absolute atomic E-state index is 5.54. The third kappa shape index (κ3) is 4.26. The van der Waals surface area contributed by atoms with E-state index < -0.39 is 0 Å². The molecular formula is C26H28BrN5OS. The minimum atomic E-state index is 0. The summed E-state index contributed by atoms with van der Waals surface area (Å²) in [4.78, 5) is 15.3. The smallest absolute Gasteiger partial charge is 0.137 e. The second kappa shape index (κ2) is 9.90. The first-order valence-electron chi connectivity index (χ1n) is 11.6. The third-order valence-electron chi connectivity index (χ3n) is 6.66. The molecule has 1 saturated heterocycles. The van der Waals surface area contributed by atoms with Gasteiger partial charge in [0.25, 0.3) is 0 Å². The molecule has 8 heteroatoms. The van der Waals surface area contributed by atoms with Crippen LogP contribution in [0.1, 0.15) is 19.3 Å². The highest BCUT2D eigenvalue weighted by molar-refractivity contribution is 8.93. The van der Waals surface area contributed by atoms with Gasteiger partial charge in [0.05, 0.1) is 12.8 Å². The maximum Gasteiger partial charge on any atom is 0.137 e. The van der Waals surface area contributed by atoms with Crippen molar-refractivity contribution < 1.29 is 4.74 Å². The van der Waals surface area contributed by atoms with E-state index in [2.05, 4.69) is 55.3 Å². The average Bonchev–Trinajstić information content (AvgIpc) is 3.59. The number of H-pyrrole nitrogens is 1. The fourth-order valence-electron chi connectivity index (χ4n) is 4.88. The van der Waals surface area contributed by atoms with Gasteiger partial charge in [-0.1, -0.05) is 6.42 Å². The highest BCUT2D eigenvalue weighted by atomic mass is 79.9. The largest absolute Gasteiger partial charge is 0.497 e. The molecular weight excluding hydrogens is 510 g/mol. The van der Waals surface area contributed by atoms with E-state index in [-0.39, 0.29) is 17.0 Å². The van der Waals surface area contributed by atoms with E-state index in [0.717, 1.165) is 51.7 Å². The predicted molar refractivity (Wildman–Crippen MR) is 145 cm³/mol. The highest BCUT2D eigenvalue weighted by Gasteiger charge is 2.17. The van der Waals surface area contributed by atoms with Crippen LogP contribution < -0.4 is 4.74 Å². The molecule has 0 atom stereocenters. The van der Waals surface area contributed by atoms with Crippen molar-refractivity contribution in [2.45, 2.75) is 25.8 Å². The quantitative estimate of drug-likeness (QED) is 0.273. The van der Waals surface area contributed by atoms with Gasteiger partial charge in [0.2, 0.25) is 0 Å². The summed E-state index contributed by atoms with van der Waals surface area (Å²) in [6, 6.07) is 10.4. The monoisotopic (exact) mass is 537 g/mol. The zero-order valence-electron chi connectivity index (χ0n) is 19.2. The van der Waals surface area contributed by atoms with Gasteiger partial charge in [0, 0.05) is 64.5 Å². The Labute approximate surface area is 213 Å². The van der Waals surface area contributed by atoms with Crippen molar-refractivity contribution in [3.05, 3.63) is 54.3 Å². The van der Waals surface area contributed by atoms with Crippen LogP contribution in [0.4, 0.5) is 0 Å². The first kappa shape index (κ1) is 23.1. The number of likely N-dealkylation sites (tertiary alicyclic amines) is 1. The van der Waals surface area contributed by atoms with Gasteiger partial charge in [-0.25, -0.2) is 9.97 Å². The molecule has 0 amide bonds. The Balaban J connectivity index is 0.00000241. The Morgan fingerprint density at radius 3 is 2.79 bits per heavy atom. The van der Waals surface area contributed by atoms with Crippen molar-refractivity contribution in [2.75, 3.05) is 26.7 Å². The van der Waals surface area contributed by atoms with Crippen molar-refractivity contribution in [3.63, 3.8) is 0 Å². The van der Waals surface area contributed by atoms with Crippen molar-refractivity contribution in [2.24, 2.45) is 0 Å². The van der Waals surface area contributed by atoms with Crippen LogP contribution in [0.2, 0.25) is 0 Å². The molecule has 6 rings (SSSR count). The molecule has 1 N–H and O–H groups in total. The van der Waals surface area contributed by atoms with Crippen molar-refractivity contribution in [3.8, 4) is 27.6 Å². The normalized spacial score (nSPS) is 14.5. The number of fused-ring (bicyclic) bond motifs is 2. The van der Waals surface area contributed by atoms with E-state index in [1.54, 1.807) is 24.6 Å². The molecule has 5 heterocycles. The molecule has 0 aliphatic carbocycles. The number of hydrogen-bond donors (Lipinski definition) is 1. The molecule has 34 heavy (non-hydrogen) atoms. The summed E-state index contributed by atoms with van der Waals surface area (Å²) in [5.41, 5.74) is 5.35. The van der Waals surface area contributed by atoms with Gasteiger partial charge >= 0.3 is 0 Å². The lowest BCUT2D eigenvalue weighted by Gasteiger charge is -2.26.